The molecule has 0 aliphatic carbocycles. The Hall–Kier alpha value is -3.03. The Kier molecular flexibility index (Phi) is 4.11. The maximum atomic E-state index is 12.8. The van der Waals surface area contributed by atoms with Gasteiger partial charge in [-0.15, -0.1) is 0 Å². The third kappa shape index (κ3) is 3.48. The highest BCUT2D eigenvalue weighted by molar-refractivity contribution is 5.56. The predicted molar refractivity (Wildman–Crippen MR) is 82.0 cm³/mol. The molecule has 24 heavy (non-hydrogen) atoms. The number of hydrogen-bond donors (Lipinski definition) is 2. The van der Waals surface area contributed by atoms with E-state index in [0.29, 0.717) is 17.3 Å². The van der Waals surface area contributed by atoms with Crippen molar-refractivity contribution < 1.29 is 17.9 Å². The van der Waals surface area contributed by atoms with Crippen LogP contribution in [0.3, 0.4) is 0 Å². The summed E-state index contributed by atoms with van der Waals surface area (Å²) in [6.45, 7) is 0.0696. The van der Waals surface area contributed by atoms with Crippen LogP contribution >= 0.6 is 0 Å². The molecule has 0 amide bonds. The molecular weight excluding hydrogens is 321 g/mol. The Labute approximate surface area is 135 Å². The zero-order valence-electron chi connectivity index (χ0n) is 12.3. The second kappa shape index (κ2) is 6.23. The number of aromatic nitrogens is 3. The second-order valence-electron chi connectivity index (χ2n) is 5.01. The lowest BCUT2D eigenvalue weighted by molar-refractivity contribution is -0.137. The van der Waals surface area contributed by atoms with Crippen LogP contribution in [0.15, 0.2) is 48.5 Å². The molecule has 0 radical (unpaired) electrons. The van der Waals surface area contributed by atoms with E-state index in [0.717, 1.165) is 12.1 Å². The molecule has 8 heteroatoms. The number of halogens is 3. The first-order chi connectivity index (χ1) is 11.4. The lowest BCUT2D eigenvalue weighted by atomic mass is 10.1. The van der Waals surface area contributed by atoms with E-state index >= 15 is 0 Å². The third-order valence-corrected chi connectivity index (χ3v) is 3.26. The van der Waals surface area contributed by atoms with Gasteiger partial charge >= 0.3 is 6.18 Å². The number of para-hydroxylation sites is 2. The molecule has 0 saturated carbocycles. The molecule has 0 aliphatic heterocycles. The normalized spacial score (nSPS) is 11.5. The van der Waals surface area contributed by atoms with Crippen molar-refractivity contribution in [1.29, 1.82) is 0 Å². The fraction of sp³-hybridized carbons (Fsp3) is 0.125. The summed E-state index contributed by atoms with van der Waals surface area (Å²) in [6, 6.07) is 11.8. The molecule has 5 nitrogen and oxygen atoms in total. The highest BCUT2D eigenvalue weighted by Gasteiger charge is 2.30. The summed E-state index contributed by atoms with van der Waals surface area (Å²) >= 11 is 0. The van der Waals surface area contributed by atoms with Gasteiger partial charge in [0.2, 0.25) is 0 Å². The smallest absolute Gasteiger partial charge is 0.416 e. The number of anilines is 1. The van der Waals surface area contributed by atoms with Gasteiger partial charge in [0.15, 0.2) is 11.6 Å². The molecule has 124 valence electrons. The number of nitrogens with zero attached hydrogens (tertiary/aromatic N) is 2. The molecule has 0 spiro atoms. The molecule has 0 fully saturated rings. The molecule has 1 aromatic heterocycles. The molecule has 3 rings (SSSR count). The lowest BCUT2D eigenvalue weighted by Gasteiger charge is -2.07. The molecular formula is C16H13F3N4O. The van der Waals surface area contributed by atoms with Crippen molar-refractivity contribution in [2.24, 2.45) is 0 Å². The summed E-state index contributed by atoms with van der Waals surface area (Å²) in [6.07, 6.45) is -4.41. The lowest BCUT2D eigenvalue weighted by Crippen LogP contribution is -2.04. The monoisotopic (exact) mass is 334 g/mol. The van der Waals surface area contributed by atoms with Crippen molar-refractivity contribution in [3.63, 3.8) is 0 Å². The standard InChI is InChI=1S/C16H13F3N4O/c17-16(18,19)11-5-3-4-10(8-11)15-21-14(22-23-15)9-24-13-7-2-1-6-12(13)20/h1-8H,9,20H2,(H,21,22,23). The highest BCUT2D eigenvalue weighted by atomic mass is 19.4. The maximum Gasteiger partial charge on any atom is 0.416 e. The van der Waals surface area contributed by atoms with Gasteiger partial charge in [0, 0.05) is 5.56 Å². The quantitative estimate of drug-likeness (QED) is 0.714. The zero-order valence-corrected chi connectivity index (χ0v) is 12.3. The Bertz CT molecular complexity index is 845. The summed E-state index contributed by atoms with van der Waals surface area (Å²) in [5.74, 6) is 1.04. The molecule has 1 heterocycles. The van der Waals surface area contributed by atoms with Crippen molar-refractivity contribution in [2.75, 3.05) is 5.73 Å². The Morgan fingerprint density at radius 3 is 2.62 bits per heavy atom. The van der Waals surface area contributed by atoms with Gasteiger partial charge in [-0.3, -0.25) is 5.10 Å². The Balaban J connectivity index is 1.75. The average Bonchev–Trinajstić information content (AvgIpc) is 3.02. The molecule has 0 aliphatic rings. The second-order valence-corrected chi connectivity index (χ2v) is 5.01. The Morgan fingerprint density at radius 1 is 1.08 bits per heavy atom. The van der Waals surface area contributed by atoms with E-state index in [-0.39, 0.29) is 18.0 Å². The SMILES string of the molecule is Nc1ccccc1OCc1nc(-c2cccc(C(F)(F)F)c2)n[nH]1. The number of nitrogens with one attached hydrogen (secondary N) is 1. The van der Waals surface area contributed by atoms with Gasteiger partial charge in [0.25, 0.3) is 0 Å². The van der Waals surface area contributed by atoms with E-state index in [1.165, 1.54) is 12.1 Å². The summed E-state index contributed by atoms with van der Waals surface area (Å²) in [7, 11) is 0. The number of ether oxygens (including phenoxy) is 1. The number of nitrogens with two attached hydrogens (primary N) is 1. The van der Waals surface area contributed by atoms with Crippen LogP contribution in [0.5, 0.6) is 5.75 Å². The van der Waals surface area contributed by atoms with E-state index in [9.17, 15) is 13.2 Å². The number of alkyl halides is 3. The number of nitrogen functional groups attached to an aromatic ring is 1. The van der Waals surface area contributed by atoms with Crippen LogP contribution in [0.4, 0.5) is 18.9 Å². The first-order valence-corrected chi connectivity index (χ1v) is 7.00. The van der Waals surface area contributed by atoms with Crippen LogP contribution in [0.2, 0.25) is 0 Å². The maximum absolute atomic E-state index is 12.8. The van der Waals surface area contributed by atoms with E-state index in [1.807, 2.05) is 0 Å². The number of hydrogen-bond acceptors (Lipinski definition) is 4. The van der Waals surface area contributed by atoms with Crippen LogP contribution in [0, 0.1) is 0 Å². The fourth-order valence-corrected chi connectivity index (χ4v) is 2.08. The fourth-order valence-electron chi connectivity index (χ4n) is 2.08. The molecule has 0 saturated heterocycles. The molecule has 0 unspecified atom stereocenters. The summed E-state index contributed by atoms with van der Waals surface area (Å²) in [4.78, 5) is 4.15. The van der Waals surface area contributed by atoms with Gasteiger partial charge in [0.1, 0.15) is 12.4 Å². The van der Waals surface area contributed by atoms with Gasteiger partial charge in [0.05, 0.1) is 11.3 Å². The zero-order chi connectivity index (χ0) is 17.2. The first-order valence-electron chi connectivity index (χ1n) is 7.00. The van der Waals surface area contributed by atoms with E-state index in [4.69, 9.17) is 10.5 Å². The Morgan fingerprint density at radius 2 is 1.88 bits per heavy atom. The molecule has 2 aromatic carbocycles. The van der Waals surface area contributed by atoms with E-state index in [2.05, 4.69) is 15.2 Å². The van der Waals surface area contributed by atoms with Gasteiger partial charge in [-0.1, -0.05) is 24.3 Å². The first kappa shape index (κ1) is 15.9. The number of benzene rings is 2. The van der Waals surface area contributed by atoms with E-state index < -0.39 is 11.7 Å². The summed E-state index contributed by atoms with van der Waals surface area (Å²) in [5, 5.41) is 6.57. The van der Waals surface area contributed by atoms with Crippen LogP contribution in [-0.2, 0) is 12.8 Å². The summed E-state index contributed by atoms with van der Waals surface area (Å²) in [5.41, 5.74) is 5.76. The molecule has 0 atom stereocenters. The van der Waals surface area contributed by atoms with Crippen molar-refractivity contribution in [3.8, 4) is 17.1 Å². The predicted octanol–water partition coefficient (Wildman–Crippen LogP) is 3.65. The number of aromatic amines is 1. The minimum atomic E-state index is -4.41. The van der Waals surface area contributed by atoms with Crippen LogP contribution in [-0.4, -0.2) is 15.2 Å². The van der Waals surface area contributed by atoms with Gasteiger partial charge in [-0.25, -0.2) is 4.98 Å². The van der Waals surface area contributed by atoms with Crippen LogP contribution < -0.4 is 10.5 Å². The molecule has 3 aromatic rings. The minimum Gasteiger partial charge on any atom is -0.483 e. The van der Waals surface area contributed by atoms with E-state index in [1.54, 1.807) is 24.3 Å². The average molecular weight is 334 g/mol. The summed E-state index contributed by atoms with van der Waals surface area (Å²) < 4.78 is 43.8. The largest absolute Gasteiger partial charge is 0.483 e. The highest BCUT2D eigenvalue weighted by Crippen LogP contribution is 2.31. The van der Waals surface area contributed by atoms with Crippen molar-refractivity contribution in [2.45, 2.75) is 12.8 Å². The number of rotatable bonds is 4. The van der Waals surface area contributed by atoms with Gasteiger partial charge < -0.3 is 10.5 Å². The van der Waals surface area contributed by atoms with Crippen molar-refractivity contribution in [1.82, 2.24) is 15.2 Å². The number of H-pyrrole nitrogens is 1. The van der Waals surface area contributed by atoms with Gasteiger partial charge in [-0.05, 0) is 24.3 Å². The van der Waals surface area contributed by atoms with Crippen molar-refractivity contribution in [3.05, 3.63) is 59.9 Å². The van der Waals surface area contributed by atoms with Crippen LogP contribution in [0.25, 0.3) is 11.4 Å². The van der Waals surface area contributed by atoms with Crippen LogP contribution in [0.1, 0.15) is 11.4 Å². The van der Waals surface area contributed by atoms with Gasteiger partial charge in [-0.2, -0.15) is 18.3 Å². The van der Waals surface area contributed by atoms with Crippen molar-refractivity contribution >= 4 is 5.69 Å². The molecule has 0 bridgehead atoms. The minimum absolute atomic E-state index is 0.0696. The topological polar surface area (TPSA) is 76.8 Å². The third-order valence-electron chi connectivity index (χ3n) is 3.26. The molecule has 3 N–H and O–H groups in total.